The Balaban J connectivity index is 2.62. The van der Waals surface area contributed by atoms with Gasteiger partial charge in [-0.15, -0.1) is 0 Å². The average Bonchev–Trinajstić information content (AvgIpc) is 2.90. The number of ether oxygens (including phenoxy) is 1. The summed E-state index contributed by atoms with van der Waals surface area (Å²) in [6.45, 7) is 7.94. The van der Waals surface area contributed by atoms with Crippen LogP contribution in [0.5, 0.6) is 5.75 Å². The first-order chi connectivity index (χ1) is 9.91. The van der Waals surface area contributed by atoms with Gasteiger partial charge in [-0.05, 0) is 31.9 Å². The van der Waals surface area contributed by atoms with Gasteiger partial charge in [-0.3, -0.25) is 0 Å². The number of nitrogens with zero attached hydrogens (tertiary/aromatic N) is 2. The molecule has 0 aliphatic heterocycles. The van der Waals surface area contributed by atoms with E-state index in [1.807, 2.05) is 26.8 Å². The van der Waals surface area contributed by atoms with Crippen molar-refractivity contribution in [2.24, 2.45) is 0 Å². The third-order valence-electron chi connectivity index (χ3n) is 3.31. The van der Waals surface area contributed by atoms with E-state index in [-0.39, 0.29) is 4.90 Å². The summed E-state index contributed by atoms with van der Waals surface area (Å²) in [4.78, 5) is 4.34. The summed E-state index contributed by atoms with van der Waals surface area (Å²) in [7, 11) is -3.65. The molecule has 0 bridgehead atoms. The highest BCUT2D eigenvalue weighted by atomic mass is 32.2. The average molecular weight is 308 g/mol. The number of imidazole rings is 1. The maximum atomic E-state index is 12.8. The van der Waals surface area contributed by atoms with Crippen molar-refractivity contribution >= 4 is 10.0 Å². The second-order valence-corrected chi connectivity index (χ2v) is 6.60. The van der Waals surface area contributed by atoms with E-state index >= 15 is 0 Å². The lowest BCUT2D eigenvalue weighted by molar-refractivity contribution is 0.337. The first-order valence-corrected chi connectivity index (χ1v) is 8.37. The van der Waals surface area contributed by atoms with Crippen LogP contribution in [0.25, 0.3) is 0 Å². The molecule has 1 aromatic heterocycles. The van der Waals surface area contributed by atoms with Crippen LogP contribution in [0, 0.1) is 13.8 Å². The molecule has 1 aromatic carbocycles. The van der Waals surface area contributed by atoms with Gasteiger partial charge in [0.15, 0.2) is 0 Å². The summed E-state index contributed by atoms with van der Waals surface area (Å²) in [6, 6.07) is 3.43. The standard InChI is InChI=1S/C15H20N2O3S/c1-5-15-16-7-8-17(15)21(18,19)14-10-13(20-6-2)11(3)9-12(14)4/h7-10H,5-6H2,1-4H3. The van der Waals surface area contributed by atoms with Gasteiger partial charge in [0, 0.05) is 24.9 Å². The number of hydrogen-bond donors (Lipinski definition) is 0. The minimum Gasteiger partial charge on any atom is -0.494 e. The molecule has 6 heteroatoms. The van der Waals surface area contributed by atoms with E-state index in [9.17, 15) is 8.42 Å². The van der Waals surface area contributed by atoms with Crippen molar-refractivity contribution in [3.8, 4) is 5.75 Å². The van der Waals surface area contributed by atoms with E-state index < -0.39 is 10.0 Å². The molecule has 1 heterocycles. The number of rotatable bonds is 5. The first-order valence-electron chi connectivity index (χ1n) is 6.93. The fourth-order valence-corrected chi connectivity index (χ4v) is 3.90. The van der Waals surface area contributed by atoms with Gasteiger partial charge in [-0.25, -0.2) is 17.4 Å². The van der Waals surface area contributed by atoms with Crippen molar-refractivity contribution in [1.29, 1.82) is 0 Å². The Bertz CT molecular complexity index is 748. The lowest BCUT2D eigenvalue weighted by Gasteiger charge is -2.14. The van der Waals surface area contributed by atoms with Crippen LogP contribution in [0.1, 0.15) is 30.8 Å². The molecule has 0 amide bonds. The van der Waals surface area contributed by atoms with Crippen LogP contribution in [-0.4, -0.2) is 24.0 Å². The minimum atomic E-state index is -3.65. The molecule has 0 fully saturated rings. The molecule has 0 aliphatic rings. The van der Waals surface area contributed by atoms with Gasteiger partial charge < -0.3 is 4.74 Å². The maximum Gasteiger partial charge on any atom is 0.269 e. The van der Waals surface area contributed by atoms with Crippen molar-refractivity contribution in [3.63, 3.8) is 0 Å². The molecule has 114 valence electrons. The van der Waals surface area contributed by atoms with Crippen LogP contribution in [0.2, 0.25) is 0 Å². The molecule has 0 atom stereocenters. The first kappa shape index (κ1) is 15.6. The number of aryl methyl sites for hydroxylation is 3. The Morgan fingerprint density at radius 1 is 1.19 bits per heavy atom. The van der Waals surface area contributed by atoms with Crippen molar-refractivity contribution in [1.82, 2.24) is 8.96 Å². The highest BCUT2D eigenvalue weighted by molar-refractivity contribution is 7.90. The summed E-state index contributed by atoms with van der Waals surface area (Å²) >= 11 is 0. The number of hydrogen-bond acceptors (Lipinski definition) is 4. The molecule has 5 nitrogen and oxygen atoms in total. The SMILES string of the molecule is CCOc1cc(S(=O)(=O)n2ccnc2CC)c(C)cc1C. The van der Waals surface area contributed by atoms with Crippen molar-refractivity contribution < 1.29 is 13.2 Å². The van der Waals surface area contributed by atoms with E-state index in [4.69, 9.17) is 4.74 Å². The Labute approximate surface area is 125 Å². The van der Waals surface area contributed by atoms with Gasteiger partial charge in [-0.1, -0.05) is 13.0 Å². The third-order valence-corrected chi connectivity index (χ3v) is 5.15. The van der Waals surface area contributed by atoms with E-state index in [0.717, 1.165) is 5.56 Å². The van der Waals surface area contributed by atoms with Gasteiger partial charge >= 0.3 is 0 Å². The lowest BCUT2D eigenvalue weighted by Crippen LogP contribution is -2.16. The maximum absolute atomic E-state index is 12.8. The molecule has 0 radical (unpaired) electrons. The van der Waals surface area contributed by atoms with Crippen LogP contribution in [0.4, 0.5) is 0 Å². The van der Waals surface area contributed by atoms with E-state index in [2.05, 4.69) is 4.98 Å². The Hall–Kier alpha value is -1.82. The fourth-order valence-electron chi connectivity index (χ4n) is 2.30. The smallest absolute Gasteiger partial charge is 0.269 e. The third kappa shape index (κ3) is 2.81. The number of benzene rings is 1. The monoisotopic (exact) mass is 308 g/mol. The molecule has 0 aliphatic carbocycles. The highest BCUT2D eigenvalue weighted by Crippen LogP contribution is 2.28. The van der Waals surface area contributed by atoms with Crippen LogP contribution < -0.4 is 4.74 Å². The second-order valence-electron chi connectivity index (χ2n) is 4.81. The Kier molecular flexibility index (Phi) is 4.37. The minimum absolute atomic E-state index is 0.254. The molecule has 0 saturated carbocycles. The molecule has 0 N–H and O–H groups in total. The molecule has 21 heavy (non-hydrogen) atoms. The zero-order valence-electron chi connectivity index (χ0n) is 12.8. The summed E-state index contributed by atoms with van der Waals surface area (Å²) in [6.07, 6.45) is 3.53. The molecular formula is C15H20N2O3S. The predicted octanol–water partition coefficient (Wildman–Crippen LogP) is 2.70. The van der Waals surface area contributed by atoms with Crippen molar-refractivity contribution in [2.75, 3.05) is 6.61 Å². The summed E-state index contributed by atoms with van der Waals surface area (Å²) in [5, 5.41) is 0. The quantitative estimate of drug-likeness (QED) is 0.852. The molecule has 0 unspecified atom stereocenters. The zero-order valence-corrected chi connectivity index (χ0v) is 13.6. The summed E-state index contributed by atoms with van der Waals surface area (Å²) in [5.41, 5.74) is 1.63. The van der Waals surface area contributed by atoms with Gasteiger partial charge in [-0.2, -0.15) is 0 Å². The molecule has 2 rings (SSSR count). The topological polar surface area (TPSA) is 61.2 Å². The molecule has 0 spiro atoms. The van der Waals surface area contributed by atoms with Crippen molar-refractivity contribution in [2.45, 2.75) is 39.0 Å². The van der Waals surface area contributed by atoms with E-state index in [0.29, 0.717) is 30.2 Å². The van der Waals surface area contributed by atoms with Gasteiger partial charge in [0.2, 0.25) is 0 Å². The fraction of sp³-hybridized carbons (Fsp3) is 0.400. The zero-order chi connectivity index (χ0) is 15.6. The van der Waals surface area contributed by atoms with Crippen molar-refractivity contribution in [3.05, 3.63) is 41.5 Å². The van der Waals surface area contributed by atoms with Crippen LogP contribution in [-0.2, 0) is 16.4 Å². The van der Waals surface area contributed by atoms with Crippen LogP contribution in [0.15, 0.2) is 29.4 Å². The normalized spacial score (nSPS) is 11.6. The number of aromatic nitrogens is 2. The van der Waals surface area contributed by atoms with Gasteiger partial charge in [0.1, 0.15) is 11.6 Å². The summed E-state index contributed by atoms with van der Waals surface area (Å²) < 4.78 is 32.4. The Morgan fingerprint density at radius 2 is 1.90 bits per heavy atom. The lowest BCUT2D eigenvalue weighted by atomic mass is 10.1. The molecule has 2 aromatic rings. The predicted molar refractivity (Wildman–Crippen MR) is 81.3 cm³/mol. The van der Waals surface area contributed by atoms with E-state index in [1.54, 1.807) is 13.0 Å². The second kappa shape index (κ2) is 5.89. The van der Waals surface area contributed by atoms with Crippen LogP contribution >= 0.6 is 0 Å². The molecular weight excluding hydrogens is 288 g/mol. The van der Waals surface area contributed by atoms with Gasteiger partial charge in [0.05, 0.1) is 11.5 Å². The van der Waals surface area contributed by atoms with E-state index in [1.165, 1.54) is 16.4 Å². The van der Waals surface area contributed by atoms with Gasteiger partial charge in [0.25, 0.3) is 10.0 Å². The Morgan fingerprint density at radius 3 is 2.52 bits per heavy atom. The summed E-state index contributed by atoms with van der Waals surface area (Å²) in [5.74, 6) is 1.12. The highest BCUT2D eigenvalue weighted by Gasteiger charge is 2.23. The largest absolute Gasteiger partial charge is 0.494 e. The van der Waals surface area contributed by atoms with Crippen LogP contribution in [0.3, 0.4) is 0 Å². The molecule has 0 saturated heterocycles.